The third kappa shape index (κ3) is 3.45. The summed E-state index contributed by atoms with van der Waals surface area (Å²) in [5.41, 5.74) is 0.940. The first-order chi connectivity index (χ1) is 11.5. The summed E-state index contributed by atoms with van der Waals surface area (Å²) in [6.45, 7) is 2.81. The molecule has 0 saturated carbocycles. The number of hydrogen-bond donors (Lipinski definition) is 0. The Labute approximate surface area is 146 Å². The molecule has 0 unspecified atom stereocenters. The largest absolute Gasteiger partial charge is 0.496 e. The van der Waals surface area contributed by atoms with E-state index < -0.39 is 10.0 Å². The second-order valence-electron chi connectivity index (χ2n) is 5.72. The zero-order valence-corrected chi connectivity index (χ0v) is 15.4. The van der Waals surface area contributed by atoms with E-state index in [-0.39, 0.29) is 11.7 Å². The predicted octanol–water partition coefficient (Wildman–Crippen LogP) is 2.74. The number of ether oxygens (including phenoxy) is 1. The average molecular weight is 367 g/mol. The maximum Gasteiger partial charge on any atom is 0.213 e. The first-order valence-corrected chi connectivity index (χ1v) is 10.4. The van der Waals surface area contributed by atoms with Gasteiger partial charge in [0.2, 0.25) is 10.0 Å². The van der Waals surface area contributed by atoms with E-state index in [1.165, 1.54) is 0 Å². The van der Waals surface area contributed by atoms with Gasteiger partial charge in [-0.25, -0.2) is 12.7 Å². The fourth-order valence-corrected chi connectivity index (χ4v) is 5.07. The standard InChI is InChI=1S/C16H21N3O3S2/c1-3-24(20,21)19-10-8-12(9-11-19)15-17-18-16(23-15)13-6-4-5-7-14(13)22-2/h4-7,12H,3,8-11H2,1-2H3. The molecular formula is C16H21N3O3S2. The summed E-state index contributed by atoms with van der Waals surface area (Å²) in [5.74, 6) is 1.22. The van der Waals surface area contributed by atoms with E-state index in [9.17, 15) is 8.42 Å². The molecule has 0 spiro atoms. The van der Waals surface area contributed by atoms with Crippen LogP contribution in [0.25, 0.3) is 10.6 Å². The van der Waals surface area contributed by atoms with E-state index in [2.05, 4.69) is 10.2 Å². The number of methoxy groups -OCH3 is 1. The highest BCUT2D eigenvalue weighted by Gasteiger charge is 2.29. The Morgan fingerprint density at radius 2 is 1.96 bits per heavy atom. The lowest BCUT2D eigenvalue weighted by Gasteiger charge is -2.29. The van der Waals surface area contributed by atoms with Gasteiger partial charge in [-0.15, -0.1) is 10.2 Å². The van der Waals surface area contributed by atoms with E-state index in [0.717, 1.165) is 34.2 Å². The van der Waals surface area contributed by atoms with Crippen LogP contribution in [-0.2, 0) is 10.0 Å². The van der Waals surface area contributed by atoms with Gasteiger partial charge in [0.25, 0.3) is 0 Å². The molecule has 0 radical (unpaired) electrons. The molecule has 1 aliphatic heterocycles. The van der Waals surface area contributed by atoms with E-state index in [4.69, 9.17) is 4.74 Å². The quantitative estimate of drug-likeness (QED) is 0.812. The van der Waals surface area contributed by atoms with Crippen LogP contribution >= 0.6 is 11.3 Å². The Balaban J connectivity index is 1.73. The van der Waals surface area contributed by atoms with Crippen LogP contribution in [0.4, 0.5) is 0 Å². The van der Waals surface area contributed by atoms with Gasteiger partial charge in [-0.3, -0.25) is 0 Å². The summed E-state index contributed by atoms with van der Waals surface area (Å²) >= 11 is 1.57. The molecule has 1 aliphatic rings. The van der Waals surface area contributed by atoms with Crippen molar-refractivity contribution in [3.63, 3.8) is 0 Å². The van der Waals surface area contributed by atoms with E-state index in [1.807, 2.05) is 24.3 Å². The van der Waals surface area contributed by atoms with Crippen LogP contribution in [-0.4, -0.2) is 48.9 Å². The van der Waals surface area contributed by atoms with Crippen LogP contribution in [0.3, 0.4) is 0 Å². The van der Waals surface area contributed by atoms with Crippen LogP contribution in [0.15, 0.2) is 24.3 Å². The molecule has 0 atom stereocenters. The van der Waals surface area contributed by atoms with Crippen LogP contribution in [0.1, 0.15) is 30.7 Å². The van der Waals surface area contributed by atoms with Crippen molar-refractivity contribution in [2.45, 2.75) is 25.7 Å². The Kier molecular flexibility index (Phi) is 5.17. The van der Waals surface area contributed by atoms with Crippen molar-refractivity contribution in [1.29, 1.82) is 0 Å². The van der Waals surface area contributed by atoms with Gasteiger partial charge in [-0.1, -0.05) is 23.5 Å². The third-order valence-corrected chi connectivity index (χ3v) is 7.34. The van der Waals surface area contributed by atoms with Crippen molar-refractivity contribution in [2.75, 3.05) is 26.0 Å². The lowest BCUT2D eigenvalue weighted by Crippen LogP contribution is -2.38. The Bertz CT molecular complexity index is 796. The summed E-state index contributed by atoms with van der Waals surface area (Å²) in [6.07, 6.45) is 1.58. The first-order valence-electron chi connectivity index (χ1n) is 7.99. The summed E-state index contributed by atoms with van der Waals surface area (Å²) in [6, 6.07) is 7.76. The molecule has 6 nitrogen and oxygen atoms in total. The molecule has 8 heteroatoms. The minimum absolute atomic E-state index is 0.161. The predicted molar refractivity (Wildman–Crippen MR) is 94.9 cm³/mol. The van der Waals surface area contributed by atoms with Gasteiger partial charge in [-0.2, -0.15) is 0 Å². The Morgan fingerprint density at radius 1 is 1.25 bits per heavy atom. The van der Waals surface area contributed by atoms with Crippen molar-refractivity contribution in [2.24, 2.45) is 0 Å². The topological polar surface area (TPSA) is 72.4 Å². The molecule has 1 aromatic carbocycles. The maximum absolute atomic E-state index is 11.9. The molecule has 24 heavy (non-hydrogen) atoms. The summed E-state index contributed by atoms with van der Waals surface area (Å²) < 4.78 is 30.9. The number of piperidine rings is 1. The monoisotopic (exact) mass is 367 g/mol. The molecule has 2 aromatic rings. The molecule has 2 heterocycles. The van der Waals surface area contributed by atoms with Gasteiger partial charge >= 0.3 is 0 Å². The minimum Gasteiger partial charge on any atom is -0.496 e. The molecule has 0 N–H and O–H groups in total. The molecule has 1 saturated heterocycles. The van der Waals surface area contributed by atoms with Gasteiger partial charge < -0.3 is 4.74 Å². The Hall–Kier alpha value is -1.51. The molecule has 3 rings (SSSR count). The van der Waals surface area contributed by atoms with Crippen LogP contribution < -0.4 is 4.74 Å². The zero-order valence-electron chi connectivity index (χ0n) is 13.8. The van der Waals surface area contributed by atoms with Gasteiger partial charge in [0.15, 0.2) is 5.01 Å². The van der Waals surface area contributed by atoms with E-state index in [1.54, 1.807) is 29.7 Å². The zero-order chi connectivity index (χ0) is 17.2. The highest BCUT2D eigenvalue weighted by molar-refractivity contribution is 7.89. The number of sulfonamides is 1. The highest BCUT2D eigenvalue weighted by atomic mass is 32.2. The van der Waals surface area contributed by atoms with Gasteiger partial charge in [0, 0.05) is 19.0 Å². The second-order valence-corrected chi connectivity index (χ2v) is 8.99. The van der Waals surface area contributed by atoms with Crippen molar-refractivity contribution < 1.29 is 13.2 Å². The average Bonchev–Trinajstić information content (AvgIpc) is 3.11. The van der Waals surface area contributed by atoms with Crippen molar-refractivity contribution in [3.8, 4) is 16.3 Å². The lowest BCUT2D eigenvalue weighted by atomic mass is 9.99. The second kappa shape index (κ2) is 7.16. The maximum atomic E-state index is 11.9. The number of para-hydroxylation sites is 1. The summed E-state index contributed by atoms with van der Waals surface area (Å²) in [7, 11) is -1.45. The van der Waals surface area contributed by atoms with Crippen molar-refractivity contribution in [1.82, 2.24) is 14.5 Å². The Morgan fingerprint density at radius 3 is 2.62 bits per heavy atom. The number of nitrogens with zero attached hydrogens (tertiary/aromatic N) is 3. The first kappa shape index (κ1) is 17.3. The normalized spacial score (nSPS) is 17.1. The number of aromatic nitrogens is 2. The van der Waals surface area contributed by atoms with Crippen molar-refractivity contribution >= 4 is 21.4 Å². The minimum atomic E-state index is -3.09. The van der Waals surface area contributed by atoms with Crippen LogP contribution in [0, 0.1) is 0 Å². The van der Waals surface area contributed by atoms with Crippen LogP contribution in [0.5, 0.6) is 5.75 Å². The molecule has 0 bridgehead atoms. The van der Waals surface area contributed by atoms with E-state index >= 15 is 0 Å². The molecule has 130 valence electrons. The third-order valence-electron chi connectivity index (χ3n) is 4.34. The number of rotatable bonds is 5. The molecule has 0 amide bonds. The highest BCUT2D eigenvalue weighted by Crippen LogP contribution is 2.36. The number of benzene rings is 1. The molecule has 1 fully saturated rings. The summed E-state index contributed by atoms with van der Waals surface area (Å²) in [5, 5.41) is 10.5. The number of hydrogen-bond acceptors (Lipinski definition) is 6. The molecule has 0 aliphatic carbocycles. The van der Waals surface area contributed by atoms with Gasteiger partial charge in [-0.05, 0) is 31.9 Å². The fraction of sp³-hybridized carbons (Fsp3) is 0.500. The van der Waals surface area contributed by atoms with Crippen LogP contribution in [0.2, 0.25) is 0 Å². The smallest absolute Gasteiger partial charge is 0.213 e. The van der Waals surface area contributed by atoms with Crippen molar-refractivity contribution in [3.05, 3.63) is 29.3 Å². The lowest BCUT2D eigenvalue weighted by molar-refractivity contribution is 0.319. The van der Waals surface area contributed by atoms with E-state index in [0.29, 0.717) is 13.1 Å². The van der Waals surface area contributed by atoms with Gasteiger partial charge in [0.1, 0.15) is 10.8 Å². The van der Waals surface area contributed by atoms with Gasteiger partial charge in [0.05, 0.1) is 18.4 Å². The summed E-state index contributed by atoms with van der Waals surface area (Å²) in [4.78, 5) is 0. The molecular weight excluding hydrogens is 346 g/mol. The molecule has 1 aromatic heterocycles. The fourth-order valence-electron chi connectivity index (χ4n) is 2.89. The SMILES string of the molecule is CCS(=O)(=O)N1CCC(c2nnc(-c3ccccc3OC)s2)CC1.